The Balaban J connectivity index is 2.35. The molecule has 2 aromatic rings. The number of benzene rings is 1. The number of aromatic nitrogens is 2. The number of hydrogen-bond acceptors (Lipinski definition) is 4. The van der Waals surface area contributed by atoms with E-state index in [9.17, 15) is 4.39 Å². The molecule has 0 atom stereocenters. The highest BCUT2D eigenvalue weighted by atomic mass is 19.1. The van der Waals surface area contributed by atoms with Crippen LogP contribution in [-0.2, 0) is 6.54 Å². The second-order valence-corrected chi connectivity index (χ2v) is 3.68. The van der Waals surface area contributed by atoms with Crippen LogP contribution in [0.25, 0.3) is 11.3 Å². The molecule has 0 unspecified atom stereocenters. The van der Waals surface area contributed by atoms with Crippen molar-refractivity contribution < 1.29 is 9.13 Å². The van der Waals surface area contributed by atoms with E-state index >= 15 is 0 Å². The van der Waals surface area contributed by atoms with E-state index in [0.29, 0.717) is 30.1 Å². The molecule has 94 valence electrons. The van der Waals surface area contributed by atoms with Crippen LogP contribution >= 0.6 is 0 Å². The maximum atomic E-state index is 13.7. The zero-order chi connectivity index (χ0) is 13.0. The summed E-state index contributed by atoms with van der Waals surface area (Å²) in [6.45, 7) is 2.57. The zero-order valence-electron chi connectivity index (χ0n) is 10.1. The van der Waals surface area contributed by atoms with Crippen molar-refractivity contribution in [3.05, 3.63) is 42.1 Å². The molecule has 2 rings (SSSR count). The summed E-state index contributed by atoms with van der Waals surface area (Å²) in [4.78, 5) is 8.10. The number of halogens is 1. The lowest BCUT2D eigenvalue weighted by Gasteiger charge is -2.07. The number of hydrogen-bond donors (Lipinski definition) is 1. The lowest BCUT2D eigenvalue weighted by molar-refractivity contribution is 0.321. The van der Waals surface area contributed by atoms with Crippen LogP contribution in [0.5, 0.6) is 5.75 Å². The molecule has 0 spiro atoms. The zero-order valence-corrected chi connectivity index (χ0v) is 10.1. The predicted octanol–water partition coefficient (Wildman–Crippen LogP) is 2.14. The third kappa shape index (κ3) is 2.62. The summed E-state index contributed by atoms with van der Waals surface area (Å²) < 4.78 is 18.9. The van der Waals surface area contributed by atoms with Crippen molar-refractivity contribution in [1.82, 2.24) is 9.97 Å². The highest BCUT2D eigenvalue weighted by Crippen LogP contribution is 2.24. The van der Waals surface area contributed by atoms with E-state index < -0.39 is 5.82 Å². The molecule has 0 saturated carbocycles. The third-order valence-corrected chi connectivity index (χ3v) is 2.46. The van der Waals surface area contributed by atoms with E-state index in [1.807, 2.05) is 6.92 Å². The van der Waals surface area contributed by atoms with E-state index in [1.165, 1.54) is 12.4 Å². The number of nitrogens with zero attached hydrogens (tertiary/aromatic N) is 2. The van der Waals surface area contributed by atoms with Gasteiger partial charge >= 0.3 is 0 Å². The quantitative estimate of drug-likeness (QED) is 0.899. The number of nitrogens with two attached hydrogens (primary N) is 1. The highest BCUT2D eigenvalue weighted by Gasteiger charge is 2.07. The molecule has 0 aliphatic heterocycles. The van der Waals surface area contributed by atoms with Gasteiger partial charge in [-0.3, -0.25) is 0 Å². The van der Waals surface area contributed by atoms with E-state index in [4.69, 9.17) is 10.5 Å². The minimum atomic E-state index is -0.401. The summed E-state index contributed by atoms with van der Waals surface area (Å²) in [5.41, 5.74) is 7.54. The minimum absolute atomic E-state index is 0.245. The second kappa shape index (κ2) is 5.55. The Morgan fingerprint density at radius 1 is 1.28 bits per heavy atom. The summed E-state index contributed by atoms with van der Waals surface area (Å²) in [7, 11) is 0. The smallest absolute Gasteiger partial charge is 0.165 e. The van der Waals surface area contributed by atoms with Crippen molar-refractivity contribution in [3.63, 3.8) is 0 Å². The summed E-state index contributed by atoms with van der Waals surface area (Å²) in [6, 6.07) is 6.50. The second-order valence-electron chi connectivity index (χ2n) is 3.68. The van der Waals surface area contributed by atoms with Gasteiger partial charge in [-0.25, -0.2) is 14.4 Å². The van der Waals surface area contributed by atoms with Gasteiger partial charge in [0, 0.05) is 12.1 Å². The van der Waals surface area contributed by atoms with Gasteiger partial charge in [0.15, 0.2) is 11.6 Å². The average Bonchev–Trinajstić information content (AvgIpc) is 2.41. The SMILES string of the molecule is CCOc1ccc(-c2cc(CN)ncn2)cc1F. The van der Waals surface area contributed by atoms with Gasteiger partial charge in [-0.1, -0.05) is 0 Å². The minimum Gasteiger partial charge on any atom is -0.491 e. The number of ether oxygens (including phenoxy) is 1. The summed E-state index contributed by atoms with van der Waals surface area (Å²) in [5.74, 6) is -0.156. The molecule has 4 nitrogen and oxygen atoms in total. The summed E-state index contributed by atoms with van der Waals surface area (Å²) >= 11 is 0. The fourth-order valence-corrected chi connectivity index (χ4v) is 1.60. The van der Waals surface area contributed by atoms with Crippen molar-refractivity contribution in [3.8, 4) is 17.0 Å². The maximum Gasteiger partial charge on any atom is 0.165 e. The molecule has 0 aliphatic rings. The van der Waals surface area contributed by atoms with Gasteiger partial charge < -0.3 is 10.5 Å². The molecule has 5 heteroatoms. The Morgan fingerprint density at radius 2 is 2.11 bits per heavy atom. The van der Waals surface area contributed by atoms with Crippen molar-refractivity contribution in [1.29, 1.82) is 0 Å². The first-order valence-electron chi connectivity index (χ1n) is 5.68. The molecule has 1 aromatic heterocycles. The summed E-state index contributed by atoms with van der Waals surface area (Å²) in [5, 5.41) is 0. The van der Waals surface area contributed by atoms with Gasteiger partial charge in [0.05, 0.1) is 18.0 Å². The van der Waals surface area contributed by atoms with Gasteiger partial charge in [-0.15, -0.1) is 0 Å². The Bertz CT molecular complexity index is 546. The fourth-order valence-electron chi connectivity index (χ4n) is 1.60. The van der Waals surface area contributed by atoms with Gasteiger partial charge in [0.25, 0.3) is 0 Å². The lowest BCUT2D eigenvalue weighted by Crippen LogP contribution is -2.00. The van der Waals surface area contributed by atoms with Crippen LogP contribution < -0.4 is 10.5 Å². The highest BCUT2D eigenvalue weighted by molar-refractivity contribution is 5.60. The molecular formula is C13H14FN3O. The molecule has 0 amide bonds. The molecule has 0 aliphatic carbocycles. The largest absolute Gasteiger partial charge is 0.491 e. The van der Waals surface area contributed by atoms with Crippen LogP contribution in [0, 0.1) is 5.82 Å². The Morgan fingerprint density at radius 3 is 2.78 bits per heavy atom. The fraction of sp³-hybridized carbons (Fsp3) is 0.231. The van der Waals surface area contributed by atoms with Crippen molar-refractivity contribution in [2.45, 2.75) is 13.5 Å². The Kier molecular flexibility index (Phi) is 3.84. The molecular weight excluding hydrogens is 233 g/mol. The molecule has 0 bridgehead atoms. The number of rotatable bonds is 4. The van der Waals surface area contributed by atoms with Crippen molar-refractivity contribution >= 4 is 0 Å². The standard InChI is InChI=1S/C13H14FN3O/c1-2-18-13-4-3-9(5-11(13)14)12-6-10(7-15)16-8-17-12/h3-6,8H,2,7,15H2,1H3. The lowest BCUT2D eigenvalue weighted by atomic mass is 10.1. The predicted molar refractivity (Wildman–Crippen MR) is 66.5 cm³/mol. The van der Waals surface area contributed by atoms with Crippen LogP contribution in [-0.4, -0.2) is 16.6 Å². The topological polar surface area (TPSA) is 61.0 Å². The molecule has 18 heavy (non-hydrogen) atoms. The van der Waals surface area contributed by atoms with E-state index in [2.05, 4.69) is 9.97 Å². The van der Waals surface area contributed by atoms with E-state index in [-0.39, 0.29) is 5.75 Å². The van der Waals surface area contributed by atoms with Crippen LogP contribution in [0.15, 0.2) is 30.6 Å². The molecule has 2 N–H and O–H groups in total. The molecule has 0 saturated heterocycles. The monoisotopic (exact) mass is 247 g/mol. The maximum absolute atomic E-state index is 13.7. The first-order valence-corrected chi connectivity index (χ1v) is 5.68. The molecule has 0 fully saturated rings. The molecule has 1 heterocycles. The normalized spacial score (nSPS) is 10.4. The molecule has 1 aromatic carbocycles. The van der Waals surface area contributed by atoms with Gasteiger partial charge in [0.1, 0.15) is 6.33 Å². The van der Waals surface area contributed by atoms with Gasteiger partial charge in [-0.05, 0) is 31.2 Å². The van der Waals surface area contributed by atoms with Gasteiger partial charge in [0.2, 0.25) is 0 Å². The molecule has 0 radical (unpaired) electrons. The van der Waals surface area contributed by atoms with Crippen LogP contribution in [0.3, 0.4) is 0 Å². The van der Waals surface area contributed by atoms with E-state index in [0.717, 1.165) is 0 Å². The first-order chi connectivity index (χ1) is 8.74. The van der Waals surface area contributed by atoms with Crippen LogP contribution in [0.1, 0.15) is 12.6 Å². The van der Waals surface area contributed by atoms with Crippen molar-refractivity contribution in [2.75, 3.05) is 6.61 Å². The Hall–Kier alpha value is -2.01. The average molecular weight is 247 g/mol. The Labute approximate surface area is 105 Å². The van der Waals surface area contributed by atoms with Crippen LogP contribution in [0.2, 0.25) is 0 Å². The first kappa shape index (κ1) is 12.4. The summed E-state index contributed by atoms with van der Waals surface area (Å²) in [6.07, 6.45) is 1.42. The van der Waals surface area contributed by atoms with E-state index in [1.54, 1.807) is 18.2 Å². The van der Waals surface area contributed by atoms with Crippen molar-refractivity contribution in [2.24, 2.45) is 5.73 Å². The van der Waals surface area contributed by atoms with Gasteiger partial charge in [-0.2, -0.15) is 0 Å². The third-order valence-electron chi connectivity index (χ3n) is 2.46. The van der Waals surface area contributed by atoms with Crippen LogP contribution in [0.4, 0.5) is 4.39 Å².